The number of amidine groups is 1. The third-order valence-electron chi connectivity index (χ3n) is 2.89. The van der Waals surface area contributed by atoms with Crippen LogP contribution in [0, 0.1) is 5.92 Å². The summed E-state index contributed by atoms with van der Waals surface area (Å²) in [6, 6.07) is 0. The predicted molar refractivity (Wildman–Crippen MR) is 59.2 cm³/mol. The molecule has 2 unspecified atom stereocenters. The van der Waals surface area contributed by atoms with Gasteiger partial charge in [0.05, 0.1) is 11.5 Å². The summed E-state index contributed by atoms with van der Waals surface area (Å²) >= 11 is 0. The maximum Gasteiger partial charge on any atom is 0.230 e. The number of oxime groups is 1. The van der Waals surface area contributed by atoms with Crippen LogP contribution in [0.25, 0.3) is 0 Å². The number of rotatable bonds is 4. The fourth-order valence-corrected chi connectivity index (χ4v) is 1.62. The Morgan fingerprint density at radius 1 is 1.75 bits per heavy atom. The first kappa shape index (κ1) is 12.8. The normalized spacial score (nSPS) is 27.8. The number of ether oxygens (including phenoxy) is 1. The van der Waals surface area contributed by atoms with Crippen molar-refractivity contribution in [3.63, 3.8) is 0 Å². The maximum atomic E-state index is 11.6. The van der Waals surface area contributed by atoms with E-state index < -0.39 is 5.92 Å². The molecule has 0 aliphatic carbocycles. The van der Waals surface area contributed by atoms with Crippen LogP contribution in [-0.2, 0) is 9.53 Å². The van der Waals surface area contributed by atoms with Crippen molar-refractivity contribution < 1.29 is 14.7 Å². The average Bonchev–Trinajstić information content (AvgIpc) is 2.71. The monoisotopic (exact) mass is 229 g/mol. The highest BCUT2D eigenvalue weighted by molar-refractivity contribution is 6.01. The highest BCUT2D eigenvalue weighted by Gasteiger charge is 2.30. The van der Waals surface area contributed by atoms with E-state index in [9.17, 15) is 4.79 Å². The predicted octanol–water partition coefficient (Wildman–Crippen LogP) is 0.0542. The van der Waals surface area contributed by atoms with Gasteiger partial charge < -0.3 is 21.0 Å². The van der Waals surface area contributed by atoms with Crippen LogP contribution in [0.5, 0.6) is 0 Å². The van der Waals surface area contributed by atoms with Gasteiger partial charge in [0.2, 0.25) is 5.91 Å². The molecule has 1 saturated heterocycles. The molecule has 6 nitrogen and oxygen atoms in total. The Bertz CT molecular complexity index is 285. The second-order valence-corrected chi connectivity index (χ2v) is 4.37. The van der Waals surface area contributed by atoms with Crippen molar-refractivity contribution in [2.24, 2.45) is 16.8 Å². The van der Waals surface area contributed by atoms with Crippen molar-refractivity contribution in [3.8, 4) is 0 Å². The van der Waals surface area contributed by atoms with Gasteiger partial charge in [-0.3, -0.25) is 4.79 Å². The molecule has 0 bridgehead atoms. The third-order valence-corrected chi connectivity index (χ3v) is 2.89. The van der Waals surface area contributed by atoms with E-state index in [-0.39, 0.29) is 17.3 Å². The Balaban J connectivity index is 2.40. The molecule has 4 N–H and O–H groups in total. The molecule has 1 fully saturated rings. The van der Waals surface area contributed by atoms with Gasteiger partial charge in [-0.2, -0.15) is 0 Å². The van der Waals surface area contributed by atoms with E-state index in [1.54, 1.807) is 6.92 Å². The average molecular weight is 229 g/mol. The van der Waals surface area contributed by atoms with Crippen LogP contribution in [0.3, 0.4) is 0 Å². The second-order valence-electron chi connectivity index (χ2n) is 4.37. The van der Waals surface area contributed by atoms with Gasteiger partial charge in [0, 0.05) is 13.2 Å². The van der Waals surface area contributed by atoms with Crippen LogP contribution in [0.1, 0.15) is 26.7 Å². The van der Waals surface area contributed by atoms with Gasteiger partial charge in [-0.1, -0.05) is 5.16 Å². The zero-order valence-corrected chi connectivity index (χ0v) is 9.69. The molecule has 0 radical (unpaired) electrons. The van der Waals surface area contributed by atoms with Gasteiger partial charge in [0.1, 0.15) is 0 Å². The lowest BCUT2D eigenvalue weighted by molar-refractivity contribution is -0.124. The number of nitrogens with two attached hydrogens (primary N) is 1. The summed E-state index contributed by atoms with van der Waals surface area (Å²) in [6.45, 7) is 4.74. The smallest absolute Gasteiger partial charge is 0.230 e. The number of nitrogens with one attached hydrogen (secondary N) is 1. The molecule has 2 atom stereocenters. The second kappa shape index (κ2) is 5.16. The number of hydrogen-bond donors (Lipinski definition) is 3. The molecule has 1 amide bonds. The summed E-state index contributed by atoms with van der Waals surface area (Å²) in [5, 5.41) is 14.0. The standard InChI is InChI=1S/C10H19N3O3/c1-7(8(11)13-15)9(14)12-6-10(2)4-3-5-16-10/h7,15H,3-6H2,1-2H3,(H2,11,13)(H,12,14). The number of nitrogens with zero attached hydrogens (tertiary/aromatic N) is 1. The van der Waals surface area contributed by atoms with E-state index in [4.69, 9.17) is 15.7 Å². The third kappa shape index (κ3) is 3.10. The fourth-order valence-electron chi connectivity index (χ4n) is 1.62. The summed E-state index contributed by atoms with van der Waals surface area (Å²) in [6.07, 6.45) is 1.95. The number of carbonyl (C=O) groups excluding carboxylic acids is 1. The summed E-state index contributed by atoms with van der Waals surface area (Å²) in [7, 11) is 0. The largest absolute Gasteiger partial charge is 0.409 e. The number of hydrogen-bond acceptors (Lipinski definition) is 4. The molecule has 1 aliphatic rings. The molecule has 16 heavy (non-hydrogen) atoms. The Labute approximate surface area is 94.8 Å². The molecular formula is C10H19N3O3. The van der Waals surface area contributed by atoms with E-state index in [1.165, 1.54) is 0 Å². The molecule has 92 valence electrons. The quantitative estimate of drug-likeness (QED) is 0.275. The zero-order chi connectivity index (χ0) is 12.2. The van der Waals surface area contributed by atoms with Crippen molar-refractivity contribution in [3.05, 3.63) is 0 Å². The highest BCUT2D eigenvalue weighted by atomic mass is 16.5. The summed E-state index contributed by atoms with van der Waals surface area (Å²) in [5.74, 6) is -0.975. The maximum absolute atomic E-state index is 11.6. The van der Waals surface area contributed by atoms with Gasteiger partial charge in [-0.25, -0.2) is 0 Å². The first-order valence-electron chi connectivity index (χ1n) is 5.37. The molecule has 0 aromatic carbocycles. The molecule has 0 saturated carbocycles. The molecule has 0 aromatic rings. The van der Waals surface area contributed by atoms with E-state index >= 15 is 0 Å². The van der Waals surface area contributed by atoms with Crippen LogP contribution in [0.4, 0.5) is 0 Å². The van der Waals surface area contributed by atoms with Crippen LogP contribution in [0.2, 0.25) is 0 Å². The first-order chi connectivity index (χ1) is 7.48. The van der Waals surface area contributed by atoms with Crippen LogP contribution in [-0.4, -0.2) is 35.7 Å². The molecular weight excluding hydrogens is 210 g/mol. The first-order valence-corrected chi connectivity index (χ1v) is 5.37. The summed E-state index contributed by atoms with van der Waals surface area (Å²) in [4.78, 5) is 11.6. The zero-order valence-electron chi connectivity index (χ0n) is 9.69. The molecule has 1 heterocycles. The fraction of sp³-hybridized carbons (Fsp3) is 0.800. The number of carbonyl (C=O) groups is 1. The van der Waals surface area contributed by atoms with Gasteiger partial charge in [-0.05, 0) is 26.7 Å². The minimum absolute atomic E-state index is 0.0880. The lowest BCUT2D eigenvalue weighted by Crippen LogP contribution is -2.44. The van der Waals surface area contributed by atoms with Crippen molar-refractivity contribution in [2.45, 2.75) is 32.3 Å². The molecule has 0 spiro atoms. The van der Waals surface area contributed by atoms with Crippen LogP contribution < -0.4 is 11.1 Å². The Hall–Kier alpha value is -1.30. The van der Waals surface area contributed by atoms with Gasteiger partial charge in [0.15, 0.2) is 5.84 Å². The van der Waals surface area contributed by atoms with Crippen molar-refractivity contribution in [1.82, 2.24) is 5.32 Å². The van der Waals surface area contributed by atoms with E-state index in [1.807, 2.05) is 6.92 Å². The minimum Gasteiger partial charge on any atom is -0.409 e. The van der Waals surface area contributed by atoms with Crippen LogP contribution in [0.15, 0.2) is 5.16 Å². The lowest BCUT2D eigenvalue weighted by atomic mass is 10.0. The van der Waals surface area contributed by atoms with E-state index in [2.05, 4.69) is 10.5 Å². The van der Waals surface area contributed by atoms with E-state index in [0.717, 1.165) is 19.4 Å². The Morgan fingerprint density at radius 3 is 2.94 bits per heavy atom. The highest BCUT2D eigenvalue weighted by Crippen LogP contribution is 2.23. The molecule has 1 aliphatic heterocycles. The summed E-state index contributed by atoms with van der Waals surface area (Å²) in [5.41, 5.74) is 5.06. The van der Waals surface area contributed by atoms with Crippen LogP contribution >= 0.6 is 0 Å². The Kier molecular flexibility index (Phi) is 4.12. The van der Waals surface area contributed by atoms with Gasteiger partial charge >= 0.3 is 0 Å². The SMILES string of the molecule is CC(C(=O)NCC1(C)CCCO1)C(N)=NO. The van der Waals surface area contributed by atoms with Gasteiger partial charge in [-0.15, -0.1) is 0 Å². The van der Waals surface area contributed by atoms with E-state index in [0.29, 0.717) is 6.54 Å². The topological polar surface area (TPSA) is 96.9 Å². The Morgan fingerprint density at radius 2 is 2.44 bits per heavy atom. The molecule has 1 rings (SSSR count). The number of amides is 1. The van der Waals surface area contributed by atoms with Crippen molar-refractivity contribution in [2.75, 3.05) is 13.2 Å². The summed E-state index contributed by atoms with van der Waals surface area (Å²) < 4.78 is 5.53. The minimum atomic E-state index is -0.630. The lowest BCUT2D eigenvalue weighted by Gasteiger charge is -2.24. The molecule has 0 aromatic heterocycles. The van der Waals surface area contributed by atoms with Gasteiger partial charge in [0.25, 0.3) is 0 Å². The van der Waals surface area contributed by atoms with Crippen molar-refractivity contribution >= 4 is 11.7 Å². The van der Waals surface area contributed by atoms with Crippen molar-refractivity contribution in [1.29, 1.82) is 0 Å². The molecule has 6 heteroatoms.